The second-order valence-corrected chi connectivity index (χ2v) is 0.912. The van der Waals surface area contributed by atoms with Crippen molar-refractivity contribution in [3.05, 3.63) is 6.92 Å². The zero-order chi connectivity index (χ0) is 5.86. The van der Waals surface area contributed by atoms with Crippen LogP contribution in [0.3, 0.4) is 0 Å². The largest absolute Gasteiger partial charge is 0.351 e. The monoisotopic (exact) mass is 101 g/mol. The van der Waals surface area contributed by atoms with E-state index >= 15 is 0 Å². The number of primary amides is 1. The summed E-state index contributed by atoms with van der Waals surface area (Å²) in [6.45, 7) is 2.83. The number of rotatable bonds is 0. The molecule has 3 amide bonds. The molecule has 0 spiro atoms. The Balaban J connectivity index is 3.32. The van der Waals surface area contributed by atoms with Gasteiger partial charge in [0.2, 0.25) is 5.91 Å². The molecule has 0 fully saturated rings. The SMILES string of the molecule is [CH2]C(=O)NC(N)=O. The molecule has 0 atom stereocenters. The Bertz CT molecular complexity index is 87.1. The molecule has 0 rings (SSSR count). The highest BCUT2D eigenvalue weighted by atomic mass is 16.2. The standard InChI is InChI=1S/C3H5N2O2/c1-2(6)5-3(4)7/h1H2,(H3,4,5,6,7). The molecule has 0 aromatic carbocycles. The summed E-state index contributed by atoms with van der Waals surface area (Å²) in [6.07, 6.45) is 0. The first-order chi connectivity index (χ1) is 3.13. The molecule has 0 aliphatic heterocycles. The lowest BCUT2D eigenvalue weighted by Gasteiger charge is -1.88. The van der Waals surface area contributed by atoms with E-state index in [1.54, 1.807) is 5.32 Å². The van der Waals surface area contributed by atoms with Crippen LogP contribution >= 0.6 is 0 Å². The minimum Gasteiger partial charge on any atom is -0.351 e. The maximum absolute atomic E-state index is 9.73. The Morgan fingerprint density at radius 3 is 2.00 bits per heavy atom. The molecule has 0 bridgehead atoms. The highest BCUT2D eigenvalue weighted by molar-refractivity contribution is 5.95. The summed E-state index contributed by atoms with van der Waals surface area (Å²) < 4.78 is 0. The average molecular weight is 101 g/mol. The molecule has 3 N–H and O–H groups in total. The highest BCUT2D eigenvalue weighted by Crippen LogP contribution is 1.54. The van der Waals surface area contributed by atoms with E-state index in [1.165, 1.54) is 0 Å². The quantitative estimate of drug-likeness (QED) is 0.411. The van der Waals surface area contributed by atoms with Crippen molar-refractivity contribution >= 4 is 11.9 Å². The van der Waals surface area contributed by atoms with Crippen molar-refractivity contribution in [2.75, 3.05) is 0 Å². The smallest absolute Gasteiger partial charge is 0.318 e. The summed E-state index contributed by atoms with van der Waals surface area (Å²) in [7, 11) is 0. The lowest BCUT2D eigenvalue weighted by molar-refractivity contribution is -0.115. The van der Waals surface area contributed by atoms with Crippen LogP contribution in [0, 0.1) is 6.92 Å². The van der Waals surface area contributed by atoms with Gasteiger partial charge in [-0.15, -0.1) is 0 Å². The fourth-order valence-corrected chi connectivity index (χ4v) is 0.137. The van der Waals surface area contributed by atoms with Gasteiger partial charge >= 0.3 is 6.03 Å². The van der Waals surface area contributed by atoms with Gasteiger partial charge < -0.3 is 5.73 Å². The van der Waals surface area contributed by atoms with Gasteiger partial charge in [0.1, 0.15) is 0 Å². The topological polar surface area (TPSA) is 72.2 Å². The van der Waals surface area contributed by atoms with Crippen molar-refractivity contribution in [3.63, 3.8) is 0 Å². The van der Waals surface area contributed by atoms with Gasteiger partial charge in [0, 0.05) is 6.92 Å². The predicted octanol–water partition coefficient (Wildman–Crippen LogP) is -0.985. The van der Waals surface area contributed by atoms with Crippen molar-refractivity contribution < 1.29 is 9.59 Å². The Kier molecular flexibility index (Phi) is 1.84. The van der Waals surface area contributed by atoms with E-state index in [1.807, 2.05) is 0 Å². The van der Waals surface area contributed by atoms with Crippen LogP contribution in [0.5, 0.6) is 0 Å². The first-order valence-corrected chi connectivity index (χ1v) is 1.55. The van der Waals surface area contributed by atoms with Gasteiger partial charge in [0.25, 0.3) is 0 Å². The summed E-state index contributed by atoms with van der Waals surface area (Å²) in [5.41, 5.74) is 4.48. The molecule has 1 radical (unpaired) electrons. The summed E-state index contributed by atoms with van der Waals surface area (Å²) in [4.78, 5) is 19.4. The third-order valence-corrected chi connectivity index (χ3v) is 0.263. The fourth-order valence-electron chi connectivity index (χ4n) is 0.137. The maximum Gasteiger partial charge on any atom is 0.318 e. The van der Waals surface area contributed by atoms with Crippen molar-refractivity contribution in [2.24, 2.45) is 5.73 Å². The molecule has 0 aliphatic carbocycles. The summed E-state index contributed by atoms with van der Waals surface area (Å²) in [5, 5.41) is 1.69. The Morgan fingerprint density at radius 2 is 2.00 bits per heavy atom. The van der Waals surface area contributed by atoms with Crippen molar-refractivity contribution in [3.8, 4) is 0 Å². The van der Waals surface area contributed by atoms with Crippen molar-refractivity contribution in [2.45, 2.75) is 0 Å². The van der Waals surface area contributed by atoms with Crippen LogP contribution in [0.2, 0.25) is 0 Å². The zero-order valence-electron chi connectivity index (χ0n) is 3.60. The lowest BCUT2D eigenvalue weighted by Crippen LogP contribution is -2.33. The second-order valence-electron chi connectivity index (χ2n) is 0.912. The first-order valence-electron chi connectivity index (χ1n) is 1.55. The molecule has 39 valence electrons. The maximum atomic E-state index is 9.73. The van der Waals surface area contributed by atoms with Crippen LogP contribution in [-0.2, 0) is 4.79 Å². The molecule has 4 heteroatoms. The Labute approximate surface area is 40.7 Å². The number of nitrogens with one attached hydrogen (secondary N) is 1. The minimum absolute atomic E-state index is 0.687. The molecule has 0 aliphatic rings. The molecular formula is C3H5N2O2. The van der Waals surface area contributed by atoms with E-state index in [-0.39, 0.29) is 0 Å². The number of urea groups is 1. The Morgan fingerprint density at radius 1 is 1.57 bits per heavy atom. The van der Waals surface area contributed by atoms with E-state index in [2.05, 4.69) is 12.7 Å². The summed E-state index contributed by atoms with van der Waals surface area (Å²) in [5.74, 6) is -0.687. The summed E-state index contributed by atoms with van der Waals surface area (Å²) in [6, 6.07) is -0.875. The van der Waals surface area contributed by atoms with Crippen LogP contribution < -0.4 is 11.1 Å². The average Bonchev–Trinajstić information content (AvgIpc) is 1.27. The summed E-state index contributed by atoms with van der Waals surface area (Å²) >= 11 is 0. The van der Waals surface area contributed by atoms with Crippen LogP contribution in [0.4, 0.5) is 4.79 Å². The van der Waals surface area contributed by atoms with Gasteiger partial charge in [-0.05, 0) is 0 Å². The molecule has 0 saturated carbocycles. The van der Waals surface area contributed by atoms with Crippen molar-refractivity contribution in [1.29, 1.82) is 0 Å². The lowest BCUT2D eigenvalue weighted by atomic mass is 10.7. The number of amides is 3. The van der Waals surface area contributed by atoms with Gasteiger partial charge in [-0.2, -0.15) is 0 Å². The second kappa shape index (κ2) is 2.17. The van der Waals surface area contributed by atoms with Gasteiger partial charge in [-0.1, -0.05) is 0 Å². The van der Waals surface area contributed by atoms with Gasteiger partial charge in [-0.3, -0.25) is 10.1 Å². The van der Waals surface area contributed by atoms with E-state index < -0.39 is 11.9 Å². The number of hydrogen-bond donors (Lipinski definition) is 2. The molecule has 0 saturated heterocycles. The van der Waals surface area contributed by atoms with Crippen LogP contribution in [0.15, 0.2) is 0 Å². The number of carbonyl (C=O) groups excluding carboxylic acids is 2. The van der Waals surface area contributed by atoms with Gasteiger partial charge in [0.15, 0.2) is 0 Å². The fraction of sp³-hybridized carbons (Fsp3) is 0. The third kappa shape index (κ3) is 4.94. The van der Waals surface area contributed by atoms with Crippen molar-refractivity contribution in [1.82, 2.24) is 5.32 Å². The predicted molar refractivity (Wildman–Crippen MR) is 23.1 cm³/mol. The highest BCUT2D eigenvalue weighted by Gasteiger charge is 1.91. The molecule has 0 aromatic rings. The molecule has 0 unspecified atom stereocenters. The first kappa shape index (κ1) is 5.94. The van der Waals surface area contributed by atoms with Crippen LogP contribution in [0.25, 0.3) is 0 Å². The minimum atomic E-state index is -0.875. The zero-order valence-corrected chi connectivity index (χ0v) is 3.60. The molecular weight excluding hydrogens is 96.0 g/mol. The molecule has 4 nitrogen and oxygen atoms in total. The third-order valence-electron chi connectivity index (χ3n) is 0.263. The molecule has 0 heterocycles. The number of carbonyl (C=O) groups is 2. The van der Waals surface area contributed by atoms with Crippen LogP contribution in [-0.4, -0.2) is 11.9 Å². The normalized spacial score (nSPS) is 7.57. The number of nitrogens with two attached hydrogens (primary N) is 1. The van der Waals surface area contributed by atoms with Gasteiger partial charge in [0.05, 0.1) is 0 Å². The van der Waals surface area contributed by atoms with Crippen LogP contribution in [0.1, 0.15) is 0 Å². The molecule has 7 heavy (non-hydrogen) atoms. The van der Waals surface area contributed by atoms with E-state index in [0.29, 0.717) is 0 Å². The van der Waals surface area contributed by atoms with Gasteiger partial charge in [-0.25, -0.2) is 4.79 Å². The Hall–Kier alpha value is -1.06. The number of imide groups is 1. The molecule has 0 aromatic heterocycles. The van der Waals surface area contributed by atoms with E-state index in [4.69, 9.17) is 0 Å². The number of hydrogen-bond acceptors (Lipinski definition) is 2. The van der Waals surface area contributed by atoms with E-state index in [9.17, 15) is 9.59 Å². The van der Waals surface area contributed by atoms with E-state index in [0.717, 1.165) is 0 Å².